The van der Waals surface area contributed by atoms with Crippen LogP contribution < -0.4 is 4.74 Å². The van der Waals surface area contributed by atoms with Crippen molar-refractivity contribution in [2.24, 2.45) is 0 Å². The molecule has 0 atom stereocenters. The molecule has 0 aromatic heterocycles. The van der Waals surface area contributed by atoms with Crippen molar-refractivity contribution in [1.82, 2.24) is 0 Å². The molecular formula is C10H12O3. The van der Waals surface area contributed by atoms with E-state index in [1.165, 1.54) is 7.11 Å². The first-order valence-electron chi connectivity index (χ1n) is 3.96. The van der Waals surface area contributed by atoms with E-state index in [9.17, 15) is 4.79 Å². The van der Waals surface area contributed by atoms with Crippen molar-refractivity contribution in [2.45, 2.75) is 13.8 Å². The highest BCUT2D eigenvalue weighted by molar-refractivity contribution is 5.63. The lowest BCUT2D eigenvalue weighted by Crippen LogP contribution is -2.07. The molecule has 0 aliphatic heterocycles. The topological polar surface area (TPSA) is 35.5 Å². The number of methoxy groups -OCH3 is 1. The van der Waals surface area contributed by atoms with Gasteiger partial charge in [0.15, 0.2) is 0 Å². The molecule has 0 amide bonds. The Morgan fingerprint density at radius 1 is 1.15 bits per heavy atom. The molecule has 0 N–H and O–H groups in total. The fraction of sp³-hybridized carbons (Fsp3) is 0.300. The minimum Gasteiger partial charge on any atom is -0.437 e. The Kier molecular flexibility index (Phi) is 2.90. The lowest BCUT2D eigenvalue weighted by molar-refractivity contribution is 0.121. The largest absolute Gasteiger partial charge is 0.513 e. The van der Waals surface area contributed by atoms with Crippen LogP contribution in [-0.2, 0) is 4.74 Å². The van der Waals surface area contributed by atoms with Crippen LogP contribution in [0, 0.1) is 13.8 Å². The summed E-state index contributed by atoms with van der Waals surface area (Å²) in [6.07, 6.45) is -0.690. The summed E-state index contributed by atoms with van der Waals surface area (Å²) >= 11 is 0. The highest BCUT2D eigenvalue weighted by atomic mass is 16.7. The Labute approximate surface area is 77.3 Å². The van der Waals surface area contributed by atoms with E-state index in [1.807, 2.05) is 19.9 Å². The van der Waals surface area contributed by atoms with Crippen LogP contribution in [-0.4, -0.2) is 13.3 Å². The third kappa shape index (κ3) is 2.78. The number of benzene rings is 1. The van der Waals surface area contributed by atoms with Gasteiger partial charge in [-0.1, -0.05) is 6.07 Å². The number of aryl methyl sites for hydroxylation is 2. The Hall–Kier alpha value is -1.51. The van der Waals surface area contributed by atoms with Gasteiger partial charge in [-0.3, -0.25) is 0 Å². The molecule has 0 heterocycles. The number of rotatable bonds is 1. The summed E-state index contributed by atoms with van der Waals surface area (Å²) in [6, 6.07) is 5.57. The van der Waals surface area contributed by atoms with Gasteiger partial charge in [0.1, 0.15) is 5.75 Å². The van der Waals surface area contributed by atoms with E-state index in [-0.39, 0.29) is 0 Å². The maximum atomic E-state index is 10.8. The molecule has 1 aromatic rings. The van der Waals surface area contributed by atoms with Crippen LogP contribution in [0.1, 0.15) is 11.1 Å². The van der Waals surface area contributed by atoms with Crippen LogP contribution in [0.25, 0.3) is 0 Å². The second-order valence-corrected chi connectivity index (χ2v) is 2.88. The SMILES string of the molecule is COC(=O)Oc1cc(C)cc(C)c1. The number of hydrogen-bond donors (Lipinski definition) is 0. The van der Waals surface area contributed by atoms with E-state index in [1.54, 1.807) is 12.1 Å². The van der Waals surface area contributed by atoms with Crippen LogP contribution >= 0.6 is 0 Å². The fourth-order valence-electron chi connectivity index (χ4n) is 1.13. The van der Waals surface area contributed by atoms with Gasteiger partial charge in [-0.05, 0) is 37.1 Å². The Morgan fingerprint density at radius 2 is 1.69 bits per heavy atom. The van der Waals surface area contributed by atoms with Gasteiger partial charge in [-0.2, -0.15) is 0 Å². The first kappa shape index (κ1) is 9.58. The summed E-state index contributed by atoms with van der Waals surface area (Å²) in [5.41, 5.74) is 2.11. The molecule has 0 unspecified atom stereocenters. The first-order valence-corrected chi connectivity index (χ1v) is 3.96. The summed E-state index contributed by atoms with van der Waals surface area (Å²) in [5, 5.41) is 0. The molecule has 0 radical (unpaired) electrons. The predicted octanol–water partition coefficient (Wildman–Crippen LogP) is 2.45. The summed E-state index contributed by atoms with van der Waals surface area (Å²) in [4.78, 5) is 10.8. The van der Waals surface area contributed by atoms with Gasteiger partial charge >= 0.3 is 6.16 Å². The highest BCUT2D eigenvalue weighted by Gasteiger charge is 2.03. The van der Waals surface area contributed by atoms with Crippen LogP contribution in [0.3, 0.4) is 0 Å². The van der Waals surface area contributed by atoms with Crippen molar-refractivity contribution in [3.63, 3.8) is 0 Å². The van der Waals surface area contributed by atoms with Gasteiger partial charge in [0, 0.05) is 0 Å². The average Bonchev–Trinajstić information content (AvgIpc) is 2.02. The van der Waals surface area contributed by atoms with Gasteiger partial charge < -0.3 is 9.47 Å². The molecule has 3 heteroatoms. The summed E-state index contributed by atoms with van der Waals surface area (Å²) in [5.74, 6) is 0.518. The third-order valence-corrected chi connectivity index (χ3v) is 1.56. The monoisotopic (exact) mass is 180 g/mol. The van der Waals surface area contributed by atoms with Crippen molar-refractivity contribution in [1.29, 1.82) is 0 Å². The molecule has 1 aromatic carbocycles. The van der Waals surface area contributed by atoms with Crippen molar-refractivity contribution in [2.75, 3.05) is 7.11 Å². The molecule has 0 spiro atoms. The average molecular weight is 180 g/mol. The molecule has 3 nitrogen and oxygen atoms in total. The van der Waals surface area contributed by atoms with E-state index < -0.39 is 6.16 Å². The fourth-order valence-corrected chi connectivity index (χ4v) is 1.13. The maximum absolute atomic E-state index is 10.8. The summed E-state index contributed by atoms with van der Waals surface area (Å²) < 4.78 is 9.24. The normalized spacial score (nSPS) is 9.46. The summed E-state index contributed by atoms with van der Waals surface area (Å²) in [6.45, 7) is 3.88. The lowest BCUT2D eigenvalue weighted by atomic mass is 10.1. The van der Waals surface area contributed by atoms with Crippen molar-refractivity contribution >= 4 is 6.16 Å². The molecule has 1 rings (SSSR count). The van der Waals surface area contributed by atoms with E-state index in [0.717, 1.165) is 11.1 Å². The van der Waals surface area contributed by atoms with Crippen LogP contribution in [0.2, 0.25) is 0 Å². The zero-order valence-electron chi connectivity index (χ0n) is 7.96. The van der Waals surface area contributed by atoms with Crippen LogP contribution in [0.5, 0.6) is 5.75 Å². The van der Waals surface area contributed by atoms with E-state index in [0.29, 0.717) is 5.75 Å². The molecule has 0 aliphatic carbocycles. The standard InChI is InChI=1S/C10H12O3/c1-7-4-8(2)6-9(5-7)13-10(11)12-3/h4-6H,1-3H3. The number of ether oxygens (including phenoxy) is 2. The van der Waals surface area contributed by atoms with E-state index in [4.69, 9.17) is 4.74 Å². The first-order chi connectivity index (χ1) is 6.11. The van der Waals surface area contributed by atoms with Gasteiger partial charge in [-0.15, -0.1) is 0 Å². The Morgan fingerprint density at radius 3 is 2.15 bits per heavy atom. The minimum atomic E-state index is -0.690. The van der Waals surface area contributed by atoms with E-state index in [2.05, 4.69) is 4.74 Å². The van der Waals surface area contributed by atoms with Gasteiger partial charge in [0.25, 0.3) is 0 Å². The van der Waals surface area contributed by atoms with Crippen molar-refractivity contribution in [3.05, 3.63) is 29.3 Å². The van der Waals surface area contributed by atoms with Crippen LogP contribution in [0.15, 0.2) is 18.2 Å². The minimum absolute atomic E-state index is 0.518. The van der Waals surface area contributed by atoms with Crippen molar-refractivity contribution in [3.8, 4) is 5.75 Å². The molecule has 0 bridgehead atoms. The molecule has 0 saturated carbocycles. The Bertz CT molecular complexity index is 298. The molecular weight excluding hydrogens is 168 g/mol. The van der Waals surface area contributed by atoms with Gasteiger partial charge in [0.2, 0.25) is 0 Å². The second kappa shape index (κ2) is 3.94. The lowest BCUT2D eigenvalue weighted by Gasteiger charge is -2.04. The predicted molar refractivity (Wildman–Crippen MR) is 48.9 cm³/mol. The smallest absolute Gasteiger partial charge is 0.437 e. The van der Waals surface area contributed by atoms with Gasteiger partial charge in [-0.25, -0.2) is 4.79 Å². The second-order valence-electron chi connectivity index (χ2n) is 2.88. The maximum Gasteiger partial charge on any atom is 0.513 e. The molecule has 13 heavy (non-hydrogen) atoms. The number of carbonyl (C=O) groups is 1. The van der Waals surface area contributed by atoms with Crippen molar-refractivity contribution < 1.29 is 14.3 Å². The summed E-state index contributed by atoms with van der Waals surface area (Å²) in [7, 11) is 1.28. The third-order valence-electron chi connectivity index (χ3n) is 1.56. The Balaban J connectivity index is 2.83. The molecule has 70 valence electrons. The van der Waals surface area contributed by atoms with Crippen LogP contribution in [0.4, 0.5) is 4.79 Å². The molecule has 0 fully saturated rings. The molecule has 0 saturated heterocycles. The zero-order chi connectivity index (χ0) is 9.84. The van der Waals surface area contributed by atoms with E-state index >= 15 is 0 Å². The zero-order valence-corrected chi connectivity index (χ0v) is 7.96. The molecule has 0 aliphatic rings. The number of hydrogen-bond acceptors (Lipinski definition) is 3. The number of carbonyl (C=O) groups excluding carboxylic acids is 1. The van der Waals surface area contributed by atoms with Gasteiger partial charge in [0.05, 0.1) is 7.11 Å². The highest BCUT2D eigenvalue weighted by Crippen LogP contribution is 2.16. The quantitative estimate of drug-likeness (QED) is 0.492.